The summed E-state index contributed by atoms with van der Waals surface area (Å²) in [6, 6.07) is 23.2. The lowest BCUT2D eigenvalue weighted by Gasteiger charge is -2.46. The number of aryl methyl sites for hydroxylation is 1. The van der Waals surface area contributed by atoms with E-state index in [0.717, 1.165) is 34.3 Å². The normalized spacial score (nSPS) is 16.2. The van der Waals surface area contributed by atoms with E-state index in [0.29, 0.717) is 29.6 Å². The molecule has 194 valence electrons. The molecule has 5 aromatic rings. The summed E-state index contributed by atoms with van der Waals surface area (Å²) in [6.45, 7) is 2.49. The highest BCUT2D eigenvalue weighted by Crippen LogP contribution is 2.44. The largest absolute Gasteiger partial charge is 0.421 e. The monoisotopic (exact) mass is 518 g/mol. The molecule has 9 heteroatoms. The number of hydrogen-bond acceptors (Lipinski definition) is 6. The minimum atomic E-state index is -0.298. The van der Waals surface area contributed by atoms with E-state index in [1.54, 1.807) is 6.92 Å². The minimum absolute atomic E-state index is 0.0251. The number of aromatic nitrogens is 3. The molecule has 1 atom stereocenters. The van der Waals surface area contributed by atoms with Gasteiger partial charge in [0.05, 0.1) is 16.9 Å². The Morgan fingerprint density at radius 1 is 1.03 bits per heavy atom. The van der Waals surface area contributed by atoms with Crippen LogP contribution in [-0.4, -0.2) is 45.1 Å². The standard InChI is InChI=1S/C30H26N6O3/c1-18-32-33-28(39-18)19-11-13-20(14-12-19)31-26(37)17-36-25-10-6-3-7-21(25)22-15-16-35-29(27(22)36)34(2)24-9-5-4-8-23(24)30(35)38/h3-14,29H,15-17H2,1-2H3,(H,31,37). The number of carbonyl (C=O) groups excluding carboxylic acids is 2. The van der Waals surface area contributed by atoms with Gasteiger partial charge in [-0.15, -0.1) is 10.2 Å². The number of hydrogen-bond donors (Lipinski definition) is 1. The maximum Gasteiger partial charge on any atom is 0.257 e. The predicted octanol–water partition coefficient (Wildman–Crippen LogP) is 4.79. The van der Waals surface area contributed by atoms with Gasteiger partial charge in [0, 0.05) is 42.7 Å². The summed E-state index contributed by atoms with van der Waals surface area (Å²) >= 11 is 0. The number of rotatable bonds is 4. The Balaban J connectivity index is 1.23. The van der Waals surface area contributed by atoms with Crippen LogP contribution in [0.15, 0.2) is 77.2 Å². The van der Waals surface area contributed by atoms with Crippen molar-refractivity contribution in [2.24, 2.45) is 0 Å². The molecule has 2 aliphatic rings. The van der Waals surface area contributed by atoms with Gasteiger partial charge in [0.25, 0.3) is 5.91 Å². The van der Waals surface area contributed by atoms with Crippen molar-refractivity contribution in [1.82, 2.24) is 19.7 Å². The average Bonchev–Trinajstić information content (AvgIpc) is 3.53. The molecule has 1 unspecified atom stereocenters. The second-order valence-corrected chi connectivity index (χ2v) is 9.97. The highest BCUT2D eigenvalue weighted by molar-refractivity contribution is 6.03. The third kappa shape index (κ3) is 3.69. The lowest BCUT2D eigenvalue weighted by atomic mass is 9.96. The van der Waals surface area contributed by atoms with E-state index in [2.05, 4.69) is 31.0 Å². The molecule has 7 rings (SSSR count). The van der Waals surface area contributed by atoms with E-state index in [4.69, 9.17) is 4.42 Å². The summed E-state index contributed by atoms with van der Waals surface area (Å²) in [4.78, 5) is 31.0. The van der Waals surface area contributed by atoms with Crippen LogP contribution in [0.5, 0.6) is 0 Å². The van der Waals surface area contributed by atoms with Crippen molar-refractivity contribution in [3.8, 4) is 11.5 Å². The Hall–Kier alpha value is -4.92. The molecule has 1 N–H and O–H groups in total. The van der Waals surface area contributed by atoms with Gasteiger partial charge >= 0.3 is 0 Å². The first-order chi connectivity index (χ1) is 19.0. The SMILES string of the molecule is Cc1nnc(-c2ccc(NC(=O)Cn3c4c(c5ccccc53)CCN3C(=O)c5ccccc5N(C)C43)cc2)o1. The van der Waals surface area contributed by atoms with Crippen LogP contribution in [0, 0.1) is 6.92 Å². The molecule has 2 aliphatic heterocycles. The number of carbonyl (C=O) groups is 2. The van der Waals surface area contributed by atoms with Crippen molar-refractivity contribution in [3.63, 3.8) is 0 Å². The molecule has 0 spiro atoms. The third-order valence-electron chi connectivity index (χ3n) is 7.65. The van der Waals surface area contributed by atoms with Crippen LogP contribution >= 0.6 is 0 Å². The molecular weight excluding hydrogens is 492 g/mol. The van der Waals surface area contributed by atoms with Crippen LogP contribution in [0.4, 0.5) is 11.4 Å². The molecule has 9 nitrogen and oxygen atoms in total. The number of nitrogens with one attached hydrogen (secondary N) is 1. The molecule has 2 aromatic heterocycles. The highest BCUT2D eigenvalue weighted by atomic mass is 16.4. The molecule has 0 saturated heterocycles. The number of amides is 2. The average molecular weight is 519 g/mol. The van der Waals surface area contributed by atoms with Crippen LogP contribution in [-0.2, 0) is 17.8 Å². The van der Waals surface area contributed by atoms with E-state index < -0.39 is 0 Å². The fourth-order valence-corrected chi connectivity index (χ4v) is 5.93. The number of fused-ring (bicyclic) bond motifs is 6. The number of benzene rings is 3. The summed E-state index contributed by atoms with van der Waals surface area (Å²) in [7, 11) is 2.02. The molecule has 4 heterocycles. The van der Waals surface area contributed by atoms with Gasteiger partial charge in [-0.2, -0.15) is 0 Å². The van der Waals surface area contributed by atoms with E-state index >= 15 is 0 Å². The molecule has 2 amide bonds. The summed E-state index contributed by atoms with van der Waals surface area (Å²) in [6.07, 6.45) is 0.438. The Labute approximate surface area is 224 Å². The molecule has 0 bridgehead atoms. The Kier molecular flexibility index (Phi) is 5.26. The second-order valence-electron chi connectivity index (χ2n) is 9.97. The van der Waals surface area contributed by atoms with Gasteiger partial charge in [-0.25, -0.2) is 0 Å². The fourth-order valence-electron chi connectivity index (χ4n) is 5.93. The summed E-state index contributed by atoms with van der Waals surface area (Å²) in [5.74, 6) is 0.810. The fraction of sp³-hybridized carbons (Fsp3) is 0.200. The molecule has 0 radical (unpaired) electrons. The van der Waals surface area contributed by atoms with Gasteiger partial charge in [0.2, 0.25) is 17.7 Å². The molecule has 0 saturated carbocycles. The summed E-state index contributed by atoms with van der Waals surface area (Å²) < 4.78 is 7.56. The number of nitrogens with zero attached hydrogens (tertiary/aromatic N) is 5. The van der Waals surface area contributed by atoms with E-state index in [1.165, 1.54) is 5.56 Å². The maximum absolute atomic E-state index is 13.5. The van der Waals surface area contributed by atoms with Gasteiger partial charge < -0.3 is 24.1 Å². The van der Waals surface area contributed by atoms with Crippen molar-refractivity contribution in [3.05, 3.63) is 95.5 Å². The zero-order chi connectivity index (χ0) is 26.7. The first-order valence-corrected chi connectivity index (χ1v) is 12.9. The minimum Gasteiger partial charge on any atom is -0.421 e. The first kappa shape index (κ1) is 23.2. The lowest BCUT2D eigenvalue weighted by Crippen LogP contribution is -2.51. The van der Waals surface area contributed by atoms with Crippen LogP contribution in [0.25, 0.3) is 22.4 Å². The third-order valence-corrected chi connectivity index (χ3v) is 7.65. The Bertz CT molecular complexity index is 1750. The Morgan fingerprint density at radius 3 is 2.59 bits per heavy atom. The summed E-state index contributed by atoms with van der Waals surface area (Å²) in [5, 5.41) is 12.1. The van der Waals surface area contributed by atoms with E-state index in [9.17, 15) is 9.59 Å². The van der Waals surface area contributed by atoms with E-state index in [1.807, 2.05) is 78.7 Å². The molecule has 0 aliphatic carbocycles. The Morgan fingerprint density at radius 2 is 1.79 bits per heavy atom. The van der Waals surface area contributed by atoms with Gasteiger partial charge in [0.15, 0.2) is 0 Å². The number of para-hydroxylation sites is 2. The van der Waals surface area contributed by atoms with Crippen molar-refractivity contribution < 1.29 is 14.0 Å². The van der Waals surface area contributed by atoms with Crippen molar-refractivity contribution in [2.75, 3.05) is 23.8 Å². The predicted molar refractivity (Wildman–Crippen MR) is 147 cm³/mol. The van der Waals surface area contributed by atoms with Crippen molar-refractivity contribution in [2.45, 2.75) is 26.1 Å². The van der Waals surface area contributed by atoms with Gasteiger partial charge in [-0.1, -0.05) is 30.3 Å². The van der Waals surface area contributed by atoms with Gasteiger partial charge in [-0.3, -0.25) is 9.59 Å². The molecule has 3 aromatic carbocycles. The zero-order valence-corrected chi connectivity index (χ0v) is 21.6. The number of anilines is 2. The van der Waals surface area contributed by atoms with Gasteiger partial charge in [0.1, 0.15) is 12.7 Å². The van der Waals surface area contributed by atoms with Crippen LogP contribution in [0.3, 0.4) is 0 Å². The molecule has 39 heavy (non-hydrogen) atoms. The quantitative estimate of drug-likeness (QED) is 0.368. The van der Waals surface area contributed by atoms with Crippen molar-refractivity contribution >= 4 is 34.1 Å². The van der Waals surface area contributed by atoms with Crippen LogP contribution < -0.4 is 10.2 Å². The van der Waals surface area contributed by atoms with Gasteiger partial charge in [-0.05, 0) is 54.4 Å². The zero-order valence-electron chi connectivity index (χ0n) is 21.6. The van der Waals surface area contributed by atoms with E-state index in [-0.39, 0.29) is 24.5 Å². The summed E-state index contributed by atoms with van der Waals surface area (Å²) in [5.41, 5.74) is 6.23. The van der Waals surface area contributed by atoms with Crippen molar-refractivity contribution in [1.29, 1.82) is 0 Å². The molecular formula is C30H26N6O3. The smallest absolute Gasteiger partial charge is 0.257 e. The maximum atomic E-state index is 13.5. The van der Waals surface area contributed by atoms with Crippen LogP contribution in [0.1, 0.15) is 33.7 Å². The molecule has 0 fully saturated rings. The second kappa shape index (κ2) is 8.83. The lowest BCUT2D eigenvalue weighted by molar-refractivity contribution is -0.116. The van der Waals surface area contributed by atoms with Crippen LogP contribution in [0.2, 0.25) is 0 Å². The topological polar surface area (TPSA) is 96.5 Å². The highest BCUT2D eigenvalue weighted by Gasteiger charge is 2.42. The first-order valence-electron chi connectivity index (χ1n) is 12.9.